The van der Waals surface area contributed by atoms with E-state index in [4.69, 9.17) is 11.6 Å². The lowest BCUT2D eigenvalue weighted by Crippen LogP contribution is -2.44. The average Bonchev–Trinajstić information content (AvgIpc) is 3.01. The van der Waals surface area contributed by atoms with Gasteiger partial charge in [-0.25, -0.2) is 4.98 Å². The lowest BCUT2D eigenvalue weighted by atomic mass is 9.92. The third-order valence-electron chi connectivity index (χ3n) is 3.72. The van der Waals surface area contributed by atoms with Crippen LogP contribution in [0, 0.1) is 0 Å². The molecule has 1 aliphatic rings. The highest BCUT2D eigenvalue weighted by Gasteiger charge is 2.28. The first-order chi connectivity index (χ1) is 10.1. The highest BCUT2D eigenvalue weighted by molar-refractivity contribution is 6.28. The average molecular weight is 310 g/mol. The van der Waals surface area contributed by atoms with Crippen molar-refractivity contribution >= 4 is 17.5 Å². The van der Waals surface area contributed by atoms with Gasteiger partial charge in [-0.1, -0.05) is 12.8 Å². The molecule has 3 rings (SSSR count). The second-order valence-corrected chi connectivity index (χ2v) is 5.41. The molecule has 1 N–H and O–H groups in total. The molecular weight excluding hydrogens is 294 g/mol. The Balaban J connectivity index is 1.91. The maximum Gasteiger partial charge on any atom is 0.258 e. The summed E-state index contributed by atoms with van der Waals surface area (Å²) in [6.07, 6.45) is 6.34. The van der Waals surface area contributed by atoms with E-state index >= 15 is 0 Å². The number of hydrogen-bond acceptors (Lipinski definition) is 7. The van der Waals surface area contributed by atoms with Crippen molar-refractivity contribution in [3.8, 4) is 5.95 Å². The third-order valence-corrected chi connectivity index (χ3v) is 3.88. The summed E-state index contributed by atoms with van der Waals surface area (Å²) in [7, 11) is 1.86. The Morgan fingerprint density at radius 2 is 2.10 bits per heavy atom. The van der Waals surface area contributed by atoms with E-state index < -0.39 is 0 Å². The van der Waals surface area contributed by atoms with E-state index in [1.165, 1.54) is 17.3 Å². The van der Waals surface area contributed by atoms with Crippen molar-refractivity contribution in [2.75, 3.05) is 11.9 Å². The molecule has 1 aliphatic carbocycles. The number of aliphatic hydroxyl groups excluding tert-OH is 1. The molecular formula is C12H16ClN7O. The van der Waals surface area contributed by atoms with Crippen molar-refractivity contribution < 1.29 is 5.11 Å². The van der Waals surface area contributed by atoms with Crippen LogP contribution in [-0.2, 0) is 0 Å². The molecule has 21 heavy (non-hydrogen) atoms. The first-order valence-corrected chi connectivity index (χ1v) is 7.20. The van der Waals surface area contributed by atoms with Crippen LogP contribution in [0.5, 0.6) is 0 Å². The van der Waals surface area contributed by atoms with Gasteiger partial charge in [0.1, 0.15) is 12.7 Å². The fourth-order valence-electron chi connectivity index (χ4n) is 2.59. The number of aliphatic hydroxyl groups is 1. The van der Waals surface area contributed by atoms with Gasteiger partial charge in [0.05, 0.1) is 12.1 Å². The van der Waals surface area contributed by atoms with E-state index in [0.29, 0.717) is 11.9 Å². The largest absolute Gasteiger partial charge is 0.391 e. The van der Waals surface area contributed by atoms with Crippen LogP contribution in [0.3, 0.4) is 0 Å². The van der Waals surface area contributed by atoms with E-state index in [2.05, 4.69) is 25.0 Å². The van der Waals surface area contributed by atoms with Crippen LogP contribution in [0.1, 0.15) is 25.7 Å². The lowest BCUT2D eigenvalue weighted by molar-refractivity contribution is 0.105. The molecule has 2 unspecified atom stereocenters. The minimum Gasteiger partial charge on any atom is -0.391 e. The van der Waals surface area contributed by atoms with Crippen molar-refractivity contribution in [3.63, 3.8) is 0 Å². The second-order valence-electron chi connectivity index (χ2n) is 5.07. The molecule has 9 heteroatoms. The maximum absolute atomic E-state index is 10.1. The van der Waals surface area contributed by atoms with Crippen LogP contribution in [0.15, 0.2) is 12.7 Å². The number of hydrogen-bond donors (Lipinski definition) is 1. The molecule has 1 fully saturated rings. The van der Waals surface area contributed by atoms with Crippen LogP contribution in [0.4, 0.5) is 5.95 Å². The lowest BCUT2D eigenvalue weighted by Gasteiger charge is -2.35. The minimum absolute atomic E-state index is 0.0131. The molecule has 0 amide bonds. The predicted octanol–water partition coefficient (Wildman–Crippen LogP) is 0.845. The number of halogens is 1. The summed E-state index contributed by atoms with van der Waals surface area (Å²) in [6.45, 7) is 0. The Labute approximate surface area is 126 Å². The maximum atomic E-state index is 10.1. The molecule has 0 saturated heterocycles. The first kappa shape index (κ1) is 14.2. The van der Waals surface area contributed by atoms with Gasteiger partial charge in [0, 0.05) is 7.05 Å². The molecule has 112 valence electrons. The molecule has 0 radical (unpaired) electrons. The van der Waals surface area contributed by atoms with E-state index in [-0.39, 0.29) is 17.4 Å². The molecule has 0 aliphatic heterocycles. The molecule has 2 atom stereocenters. The van der Waals surface area contributed by atoms with Crippen molar-refractivity contribution in [1.82, 2.24) is 29.7 Å². The zero-order valence-electron chi connectivity index (χ0n) is 11.6. The Morgan fingerprint density at radius 1 is 1.29 bits per heavy atom. The van der Waals surface area contributed by atoms with Gasteiger partial charge in [0.2, 0.25) is 11.2 Å². The monoisotopic (exact) mass is 309 g/mol. The zero-order valence-corrected chi connectivity index (χ0v) is 12.3. The van der Waals surface area contributed by atoms with Crippen LogP contribution in [0.2, 0.25) is 5.28 Å². The fourth-order valence-corrected chi connectivity index (χ4v) is 2.74. The van der Waals surface area contributed by atoms with E-state index in [1.807, 2.05) is 11.9 Å². The summed E-state index contributed by atoms with van der Waals surface area (Å²) >= 11 is 5.97. The molecule has 2 aromatic heterocycles. The van der Waals surface area contributed by atoms with E-state index in [0.717, 1.165) is 25.7 Å². The number of rotatable bonds is 3. The van der Waals surface area contributed by atoms with Gasteiger partial charge in [-0.15, -0.1) is 0 Å². The Morgan fingerprint density at radius 3 is 2.81 bits per heavy atom. The molecule has 2 aromatic rings. The number of aromatic nitrogens is 6. The van der Waals surface area contributed by atoms with Crippen molar-refractivity contribution in [1.29, 1.82) is 0 Å². The van der Waals surface area contributed by atoms with Crippen LogP contribution >= 0.6 is 11.6 Å². The summed E-state index contributed by atoms with van der Waals surface area (Å²) in [5, 5.41) is 14.2. The summed E-state index contributed by atoms with van der Waals surface area (Å²) in [5.41, 5.74) is 0. The molecule has 1 saturated carbocycles. The highest BCUT2D eigenvalue weighted by atomic mass is 35.5. The smallest absolute Gasteiger partial charge is 0.258 e. The molecule has 0 aromatic carbocycles. The second kappa shape index (κ2) is 5.90. The summed E-state index contributed by atoms with van der Waals surface area (Å²) in [5.74, 6) is 0.728. The Kier molecular flexibility index (Phi) is 3.98. The zero-order chi connectivity index (χ0) is 14.8. The summed E-state index contributed by atoms with van der Waals surface area (Å²) < 4.78 is 1.42. The molecule has 8 nitrogen and oxygen atoms in total. The highest BCUT2D eigenvalue weighted by Crippen LogP contribution is 2.25. The Hall–Kier alpha value is -1.80. The topological polar surface area (TPSA) is 92.9 Å². The standard InChI is InChI=1S/C12H16ClN7O/c1-19(8-4-2-3-5-9(8)21)11-16-10(13)17-12(18-11)20-7-14-6-15-20/h6-9,21H,2-5H2,1H3. The first-order valence-electron chi connectivity index (χ1n) is 6.82. The normalized spacial score (nSPS) is 22.2. The minimum atomic E-state index is -0.380. The van der Waals surface area contributed by atoms with Gasteiger partial charge < -0.3 is 10.0 Å². The van der Waals surface area contributed by atoms with Crippen LogP contribution in [-0.4, -0.2) is 54.0 Å². The van der Waals surface area contributed by atoms with Gasteiger partial charge in [-0.05, 0) is 24.4 Å². The SMILES string of the molecule is CN(c1nc(Cl)nc(-n2cncn2)n1)C1CCCCC1O. The quantitative estimate of drug-likeness (QED) is 0.898. The Bertz CT molecular complexity index is 606. The van der Waals surface area contributed by atoms with Gasteiger partial charge in [-0.3, -0.25) is 0 Å². The number of anilines is 1. The fraction of sp³-hybridized carbons (Fsp3) is 0.583. The number of nitrogens with zero attached hydrogens (tertiary/aromatic N) is 7. The van der Waals surface area contributed by atoms with Gasteiger partial charge in [0.25, 0.3) is 5.95 Å². The molecule has 0 spiro atoms. The van der Waals surface area contributed by atoms with Gasteiger partial charge >= 0.3 is 0 Å². The summed E-state index contributed by atoms with van der Waals surface area (Å²) in [4.78, 5) is 18.3. The number of likely N-dealkylation sites (N-methyl/N-ethyl adjacent to an activating group) is 1. The van der Waals surface area contributed by atoms with Crippen molar-refractivity contribution in [2.45, 2.75) is 37.8 Å². The van der Waals surface area contributed by atoms with E-state index in [1.54, 1.807) is 0 Å². The molecule has 2 heterocycles. The summed E-state index contributed by atoms with van der Waals surface area (Å²) in [6, 6.07) is -0.0131. The van der Waals surface area contributed by atoms with Gasteiger partial charge in [0.15, 0.2) is 0 Å². The van der Waals surface area contributed by atoms with Crippen LogP contribution in [0.25, 0.3) is 5.95 Å². The third kappa shape index (κ3) is 2.96. The van der Waals surface area contributed by atoms with E-state index in [9.17, 15) is 5.11 Å². The van der Waals surface area contributed by atoms with Gasteiger partial charge in [-0.2, -0.15) is 24.7 Å². The molecule has 0 bridgehead atoms. The van der Waals surface area contributed by atoms with Crippen molar-refractivity contribution in [3.05, 3.63) is 17.9 Å². The van der Waals surface area contributed by atoms with Crippen LogP contribution < -0.4 is 4.90 Å². The van der Waals surface area contributed by atoms with Crippen molar-refractivity contribution in [2.24, 2.45) is 0 Å². The predicted molar refractivity (Wildman–Crippen MR) is 76.4 cm³/mol.